The Morgan fingerprint density at radius 1 is 1.17 bits per heavy atom. The third-order valence-corrected chi connectivity index (χ3v) is 4.92. The highest BCUT2D eigenvalue weighted by Gasteiger charge is 2.14. The lowest BCUT2D eigenvalue weighted by atomic mass is 10.1. The van der Waals surface area contributed by atoms with E-state index in [1.807, 2.05) is 55.5 Å². The van der Waals surface area contributed by atoms with Gasteiger partial charge in [-0.3, -0.25) is 9.89 Å². The Morgan fingerprint density at radius 2 is 1.97 bits per heavy atom. The summed E-state index contributed by atoms with van der Waals surface area (Å²) in [5, 5.41) is 6.97. The third kappa shape index (κ3) is 4.09. The Bertz CT molecular complexity index is 1210. The van der Waals surface area contributed by atoms with Crippen LogP contribution < -0.4 is 15.6 Å². The van der Waals surface area contributed by atoms with Gasteiger partial charge in [-0.25, -0.2) is 4.98 Å². The van der Waals surface area contributed by atoms with E-state index >= 15 is 0 Å². The van der Waals surface area contributed by atoms with Crippen LogP contribution in [0.2, 0.25) is 5.02 Å². The Hall–Kier alpha value is -3.32. The van der Waals surface area contributed by atoms with Crippen LogP contribution in [-0.2, 0) is 13.0 Å². The minimum Gasteiger partial charge on any atom is -0.497 e. The largest absolute Gasteiger partial charge is 0.497 e. The van der Waals surface area contributed by atoms with Gasteiger partial charge in [0, 0.05) is 28.8 Å². The van der Waals surface area contributed by atoms with E-state index in [1.54, 1.807) is 7.11 Å². The molecule has 0 saturated carbocycles. The number of H-pyrrole nitrogens is 1. The van der Waals surface area contributed by atoms with Gasteiger partial charge in [0.1, 0.15) is 11.6 Å². The number of aromatic amines is 1. The van der Waals surface area contributed by atoms with Gasteiger partial charge in [-0.1, -0.05) is 29.8 Å². The number of methoxy groups -OCH3 is 1. The Balaban J connectivity index is 1.59. The number of hydrogen-bond acceptors (Lipinski definition) is 5. The van der Waals surface area contributed by atoms with Crippen molar-refractivity contribution >= 4 is 23.1 Å². The van der Waals surface area contributed by atoms with E-state index in [2.05, 4.69) is 20.4 Å². The topological polar surface area (TPSA) is 84.3 Å². The molecule has 7 nitrogen and oxygen atoms in total. The molecular weight excluding hydrogens is 390 g/mol. The van der Waals surface area contributed by atoms with Crippen molar-refractivity contribution in [2.24, 2.45) is 0 Å². The van der Waals surface area contributed by atoms with Crippen LogP contribution in [0.3, 0.4) is 0 Å². The highest BCUT2D eigenvalue weighted by atomic mass is 35.5. The molecule has 0 radical (unpaired) electrons. The average Bonchev–Trinajstić information content (AvgIpc) is 3.14. The van der Waals surface area contributed by atoms with E-state index in [-0.39, 0.29) is 5.56 Å². The molecule has 0 aliphatic heterocycles. The maximum atomic E-state index is 13.0. The van der Waals surface area contributed by atoms with Gasteiger partial charge in [0.25, 0.3) is 11.3 Å². The summed E-state index contributed by atoms with van der Waals surface area (Å²) in [5.41, 5.74) is 3.03. The van der Waals surface area contributed by atoms with Crippen LogP contribution in [0.25, 0.3) is 5.78 Å². The van der Waals surface area contributed by atoms with Crippen LogP contribution in [0.1, 0.15) is 22.6 Å². The van der Waals surface area contributed by atoms with E-state index in [0.717, 1.165) is 17.0 Å². The molecule has 0 saturated heterocycles. The fourth-order valence-electron chi connectivity index (χ4n) is 3.11. The van der Waals surface area contributed by atoms with Gasteiger partial charge in [0.05, 0.1) is 19.3 Å². The van der Waals surface area contributed by atoms with Gasteiger partial charge >= 0.3 is 0 Å². The van der Waals surface area contributed by atoms with E-state index in [1.165, 1.54) is 4.52 Å². The summed E-state index contributed by atoms with van der Waals surface area (Å²) in [5.74, 6) is 1.73. The summed E-state index contributed by atoms with van der Waals surface area (Å²) in [6, 6.07) is 15.0. The van der Waals surface area contributed by atoms with E-state index < -0.39 is 0 Å². The maximum Gasteiger partial charge on any atom is 0.277 e. The van der Waals surface area contributed by atoms with Crippen LogP contribution in [-0.4, -0.2) is 26.7 Å². The van der Waals surface area contributed by atoms with Crippen molar-refractivity contribution in [1.29, 1.82) is 0 Å². The number of nitrogens with zero attached hydrogens (tertiary/aromatic N) is 3. The molecule has 2 aromatic carbocycles. The molecule has 2 heterocycles. The lowest BCUT2D eigenvalue weighted by Gasteiger charge is -2.06. The second-order valence-corrected chi connectivity index (χ2v) is 7.11. The molecule has 0 spiro atoms. The first kappa shape index (κ1) is 19.0. The maximum absolute atomic E-state index is 13.0. The molecule has 2 aromatic heterocycles. The monoisotopic (exact) mass is 409 g/mol. The Morgan fingerprint density at radius 3 is 2.72 bits per heavy atom. The number of anilines is 1. The number of rotatable bonds is 6. The molecule has 0 aliphatic rings. The quantitative estimate of drug-likeness (QED) is 0.508. The molecule has 2 N–H and O–H groups in total. The Kier molecular flexibility index (Phi) is 5.22. The van der Waals surface area contributed by atoms with Crippen molar-refractivity contribution < 1.29 is 4.74 Å². The molecule has 0 bridgehead atoms. The number of aryl methyl sites for hydroxylation is 1. The van der Waals surface area contributed by atoms with Gasteiger partial charge in [-0.2, -0.15) is 9.50 Å². The molecule has 0 atom stereocenters. The fourth-order valence-corrected chi connectivity index (χ4v) is 3.23. The summed E-state index contributed by atoms with van der Waals surface area (Å²) in [6.45, 7) is 2.25. The van der Waals surface area contributed by atoms with Gasteiger partial charge < -0.3 is 10.1 Å². The minimum atomic E-state index is -0.150. The molecule has 148 valence electrons. The second-order valence-electron chi connectivity index (χ2n) is 6.68. The van der Waals surface area contributed by atoms with Gasteiger partial charge in [-0.15, -0.1) is 0 Å². The molecule has 0 fully saturated rings. The van der Waals surface area contributed by atoms with E-state index in [9.17, 15) is 4.79 Å². The van der Waals surface area contributed by atoms with Crippen molar-refractivity contribution in [2.45, 2.75) is 19.9 Å². The molecule has 8 heteroatoms. The van der Waals surface area contributed by atoms with Crippen molar-refractivity contribution in [2.75, 3.05) is 12.4 Å². The highest BCUT2D eigenvalue weighted by molar-refractivity contribution is 6.30. The minimum absolute atomic E-state index is 0.150. The summed E-state index contributed by atoms with van der Waals surface area (Å²) >= 11 is 5.94. The van der Waals surface area contributed by atoms with Crippen molar-refractivity contribution in [3.8, 4) is 5.75 Å². The lowest BCUT2D eigenvalue weighted by molar-refractivity contribution is 0.415. The van der Waals surface area contributed by atoms with E-state index in [4.69, 9.17) is 16.3 Å². The first-order valence-electron chi connectivity index (χ1n) is 9.13. The molecule has 0 unspecified atom stereocenters. The van der Waals surface area contributed by atoms with Crippen LogP contribution in [0.15, 0.2) is 53.3 Å². The highest BCUT2D eigenvalue weighted by Crippen LogP contribution is 2.17. The lowest BCUT2D eigenvalue weighted by Crippen LogP contribution is -2.22. The van der Waals surface area contributed by atoms with Crippen LogP contribution in [0.5, 0.6) is 5.75 Å². The average molecular weight is 410 g/mol. The van der Waals surface area contributed by atoms with Crippen LogP contribution >= 0.6 is 11.6 Å². The molecule has 0 amide bonds. The normalized spacial score (nSPS) is 11.0. The zero-order chi connectivity index (χ0) is 20.4. The molecule has 4 aromatic rings. The van der Waals surface area contributed by atoms with Crippen molar-refractivity contribution in [3.05, 3.63) is 86.6 Å². The second kappa shape index (κ2) is 7.97. The smallest absolute Gasteiger partial charge is 0.277 e. The van der Waals surface area contributed by atoms with Crippen LogP contribution in [0.4, 0.5) is 5.69 Å². The zero-order valence-electron chi connectivity index (χ0n) is 16.1. The molecule has 29 heavy (non-hydrogen) atoms. The van der Waals surface area contributed by atoms with Crippen LogP contribution in [0, 0.1) is 6.92 Å². The number of fused-ring (bicyclic) bond motifs is 1. The predicted molar refractivity (Wildman–Crippen MR) is 113 cm³/mol. The third-order valence-electron chi connectivity index (χ3n) is 4.67. The first-order valence-corrected chi connectivity index (χ1v) is 9.51. The summed E-state index contributed by atoms with van der Waals surface area (Å²) in [6.07, 6.45) is 0.480. The van der Waals surface area contributed by atoms with E-state index in [0.29, 0.717) is 40.8 Å². The number of hydrogen-bond donors (Lipinski definition) is 2. The number of halogens is 1. The molecule has 0 aliphatic carbocycles. The fraction of sp³-hybridized carbons (Fsp3) is 0.190. The standard InChI is InChI=1S/C21H20ClN5O2/c1-13-18(10-14-6-8-15(22)9-7-14)20(28)27-21(24-13)25-19(26-27)12-23-16-4-3-5-17(11-16)29-2/h3-9,11,23H,10,12H2,1-2H3,(H,24,25,26). The Labute approximate surface area is 172 Å². The van der Waals surface area contributed by atoms with Gasteiger partial charge in [0.15, 0.2) is 0 Å². The van der Waals surface area contributed by atoms with Gasteiger partial charge in [-0.05, 0) is 36.8 Å². The van der Waals surface area contributed by atoms with Crippen molar-refractivity contribution in [1.82, 2.24) is 19.6 Å². The first-order chi connectivity index (χ1) is 14.0. The van der Waals surface area contributed by atoms with Crippen molar-refractivity contribution in [3.63, 3.8) is 0 Å². The van der Waals surface area contributed by atoms with Gasteiger partial charge in [0.2, 0.25) is 0 Å². The predicted octanol–water partition coefficient (Wildman–Crippen LogP) is 3.59. The summed E-state index contributed by atoms with van der Waals surface area (Å²) in [4.78, 5) is 21.9. The molecule has 4 rings (SSSR count). The number of ether oxygens (including phenoxy) is 1. The zero-order valence-corrected chi connectivity index (χ0v) is 16.8. The summed E-state index contributed by atoms with van der Waals surface area (Å²) < 4.78 is 6.62. The summed E-state index contributed by atoms with van der Waals surface area (Å²) in [7, 11) is 1.63. The number of nitrogens with one attached hydrogen (secondary N) is 2. The molecular formula is C21H20ClN5O2. The SMILES string of the molecule is COc1cccc(NCc2nc3nc(C)c(Cc4ccc(Cl)cc4)c(=O)n3[nH]2)c1. The number of benzene rings is 2. The number of aromatic nitrogens is 4.